The zero-order valence-corrected chi connectivity index (χ0v) is 16.8. The molecule has 0 bridgehead atoms. The van der Waals surface area contributed by atoms with Crippen LogP contribution in [0.4, 0.5) is 0 Å². The van der Waals surface area contributed by atoms with Crippen LogP contribution >= 0.6 is 11.8 Å². The first-order valence-electron chi connectivity index (χ1n) is 9.43. The molecule has 29 heavy (non-hydrogen) atoms. The molecule has 0 aromatic heterocycles. The number of hydrogen-bond donors (Lipinski definition) is 2. The second-order valence-corrected chi connectivity index (χ2v) is 7.73. The highest BCUT2D eigenvalue weighted by Crippen LogP contribution is 2.22. The Morgan fingerprint density at radius 3 is 1.90 bits per heavy atom. The summed E-state index contributed by atoms with van der Waals surface area (Å²) < 4.78 is 0. The van der Waals surface area contributed by atoms with Crippen molar-refractivity contribution in [1.82, 2.24) is 5.32 Å². The van der Waals surface area contributed by atoms with Gasteiger partial charge in [0.05, 0.1) is 11.6 Å². The molecule has 3 rings (SSSR count). The van der Waals surface area contributed by atoms with Crippen molar-refractivity contribution in [2.75, 3.05) is 5.75 Å². The van der Waals surface area contributed by atoms with Gasteiger partial charge in [-0.05, 0) is 28.8 Å². The summed E-state index contributed by atoms with van der Waals surface area (Å²) in [7, 11) is 0. The van der Waals surface area contributed by atoms with E-state index < -0.39 is 5.97 Å². The van der Waals surface area contributed by atoms with Crippen molar-refractivity contribution < 1.29 is 14.7 Å². The SMILES string of the molecule is O=C(CCSCc1ccc(C(=O)O)cc1)NC(c1ccccc1)c1ccccc1. The zero-order valence-electron chi connectivity index (χ0n) is 16.0. The predicted octanol–water partition coefficient (Wildman–Crippen LogP) is 4.91. The maximum absolute atomic E-state index is 12.5. The van der Waals surface area contributed by atoms with Gasteiger partial charge in [-0.3, -0.25) is 4.79 Å². The highest BCUT2D eigenvalue weighted by molar-refractivity contribution is 7.98. The van der Waals surface area contributed by atoms with Crippen LogP contribution in [0, 0.1) is 0 Å². The second-order valence-electron chi connectivity index (χ2n) is 6.63. The number of thioether (sulfide) groups is 1. The van der Waals surface area contributed by atoms with E-state index in [0.29, 0.717) is 12.2 Å². The maximum atomic E-state index is 12.5. The molecule has 3 aromatic rings. The Bertz CT molecular complexity index is 888. The first-order chi connectivity index (χ1) is 14.1. The van der Waals surface area contributed by atoms with Gasteiger partial charge in [0.15, 0.2) is 0 Å². The van der Waals surface area contributed by atoms with Gasteiger partial charge in [-0.2, -0.15) is 11.8 Å². The van der Waals surface area contributed by atoms with Crippen molar-refractivity contribution in [3.8, 4) is 0 Å². The van der Waals surface area contributed by atoms with E-state index in [4.69, 9.17) is 5.11 Å². The van der Waals surface area contributed by atoms with E-state index in [1.807, 2.05) is 72.8 Å². The molecule has 0 aliphatic rings. The van der Waals surface area contributed by atoms with Crippen molar-refractivity contribution in [3.63, 3.8) is 0 Å². The fourth-order valence-electron chi connectivity index (χ4n) is 2.98. The molecule has 3 aromatic carbocycles. The van der Waals surface area contributed by atoms with Crippen LogP contribution in [0.15, 0.2) is 84.9 Å². The molecule has 0 atom stereocenters. The fraction of sp³-hybridized carbons (Fsp3) is 0.167. The average molecular weight is 406 g/mol. The number of carbonyl (C=O) groups is 2. The van der Waals surface area contributed by atoms with Crippen LogP contribution in [-0.2, 0) is 10.5 Å². The standard InChI is InChI=1S/C24H23NO3S/c26-22(15-16-29-17-18-11-13-21(14-12-18)24(27)28)25-23(19-7-3-1-4-8-19)20-9-5-2-6-10-20/h1-14,23H,15-17H2,(H,25,26)(H,27,28). The molecule has 0 saturated carbocycles. The molecule has 0 saturated heterocycles. The van der Waals surface area contributed by atoms with E-state index in [9.17, 15) is 9.59 Å². The number of carboxylic acid groups (broad SMARTS) is 1. The van der Waals surface area contributed by atoms with Gasteiger partial charge in [0.2, 0.25) is 5.91 Å². The molecule has 0 aliphatic carbocycles. The lowest BCUT2D eigenvalue weighted by Gasteiger charge is -2.20. The van der Waals surface area contributed by atoms with Gasteiger partial charge in [-0.1, -0.05) is 72.8 Å². The largest absolute Gasteiger partial charge is 0.478 e. The van der Waals surface area contributed by atoms with Gasteiger partial charge in [0.1, 0.15) is 0 Å². The number of hydrogen-bond acceptors (Lipinski definition) is 3. The molecule has 148 valence electrons. The number of carboxylic acids is 1. The van der Waals surface area contributed by atoms with Crippen LogP contribution < -0.4 is 5.32 Å². The van der Waals surface area contributed by atoms with Gasteiger partial charge in [-0.25, -0.2) is 4.79 Å². The fourth-order valence-corrected chi connectivity index (χ4v) is 3.88. The second kappa shape index (κ2) is 10.5. The summed E-state index contributed by atoms with van der Waals surface area (Å²) in [6.07, 6.45) is 0.425. The third-order valence-corrected chi connectivity index (χ3v) is 5.54. The molecule has 0 heterocycles. The van der Waals surface area contributed by atoms with E-state index in [1.165, 1.54) is 0 Å². The summed E-state index contributed by atoms with van der Waals surface area (Å²) in [5.41, 5.74) is 3.44. The van der Waals surface area contributed by atoms with E-state index in [1.54, 1.807) is 23.9 Å². The van der Waals surface area contributed by atoms with Gasteiger partial charge < -0.3 is 10.4 Å². The number of benzene rings is 3. The molecule has 1 amide bonds. The smallest absolute Gasteiger partial charge is 0.335 e. The minimum atomic E-state index is -0.924. The number of aromatic carboxylic acids is 1. The van der Waals surface area contributed by atoms with Crippen LogP contribution in [0.3, 0.4) is 0 Å². The van der Waals surface area contributed by atoms with E-state index in [0.717, 1.165) is 22.4 Å². The topological polar surface area (TPSA) is 66.4 Å². The van der Waals surface area contributed by atoms with Crippen LogP contribution in [0.25, 0.3) is 0 Å². The minimum absolute atomic E-state index is 0.0106. The van der Waals surface area contributed by atoms with E-state index in [2.05, 4.69) is 5.32 Å². The Balaban J connectivity index is 1.52. The lowest BCUT2D eigenvalue weighted by atomic mass is 9.98. The normalized spacial score (nSPS) is 10.7. The van der Waals surface area contributed by atoms with Crippen molar-refractivity contribution in [3.05, 3.63) is 107 Å². The van der Waals surface area contributed by atoms with Crippen molar-refractivity contribution >= 4 is 23.6 Å². The van der Waals surface area contributed by atoms with Crippen LogP contribution in [0.5, 0.6) is 0 Å². The maximum Gasteiger partial charge on any atom is 0.335 e. The summed E-state index contributed by atoms with van der Waals surface area (Å²) in [6.45, 7) is 0. The molecule has 4 nitrogen and oxygen atoms in total. The minimum Gasteiger partial charge on any atom is -0.478 e. The Labute approximate surface area is 175 Å². The number of carbonyl (C=O) groups excluding carboxylic acids is 1. The highest BCUT2D eigenvalue weighted by atomic mass is 32.2. The first-order valence-corrected chi connectivity index (χ1v) is 10.6. The van der Waals surface area contributed by atoms with Gasteiger partial charge >= 0.3 is 5.97 Å². The summed E-state index contributed by atoms with van der Waals surface area (Å²) in [4.78, 5) is 23.4. The predicted molar refractivity (Wildman–Crippen MR) is 117 cm³/mol. The van der Waals surface area contributed by atoms with Crippen molar-refractivity contribution in [2.24, 2.45) is 0 Å². The summed E-state index contributed by atoms with van der Waals surface area (Å²) in [6, 6.07) is 26.6. The molecule has 0 fully saturated rings. The molecular formula is C24H23NO3S. The Kier molecular flexibility index (Phi) is 7.47. The van der Waals surface area contributed by atoms with Crippen molar-refractivity contribution in [1.29, 1.82) is 0 Å². The van der Waals surface area contributed by atoms with Crippen LogP contribution in [0.1, 0.15) is 39.5 Å². The summed E-state index contributed by atoms with van der Waals surface area (Å²) in [5.74, 6) is 0.528. The molecule has 2 N–H and O–H groups in total. The molecular weight excluding hydrogens is 382 g/mol. The lowest BCUT2D eigenvalue weighted by molar-refractivity contribution is -0.121. The van der Waals surface area contributed by atoms with Gasteiger partial charge in [-0.15, -0.1) is 0 Å². The number of nitrogens with one attached hydrogen (secondary N) is 1. The van der Waals surface area contributed by atoms with E-state index >= 15 is 0 Å². The van der Waals surface area contributed by atoms with Crippen LogP contribution in [-0.4, -0.2) is 22.7 Å². The number of amides is 1. The quantitative estimate of drug-likeness (QED) is 0.496. The van der Waals surface area contributed by atoms with Crippen LogP contribution in [0.2, 0.25) is 0 Å². The Morgan fingerprint density at radius 1 is 0.828 bits per heavy atom. The zero-order chi connectivity index (χ0) is 20.5. The molecule has 0 radical (unpaired) electrons. The van der Waals surface area contributed by atoms with Gasteiger partial charge in [0, 0.05) is 17.9 Å². The highest BCUT2D eigenvalue weighted by Gasteiger charge is 2.16. The van der Waals surface area contributed by atoms with Crippen molar-refractivity contribution in [2.45, 2.75) is 18.2 Å². The Hall–Kier alpha value is -3.05. The molecule has 5 heteroatoms. The molecule has 0 unspecified atom stereocenters. The molecule has 0 aliphatic heterocycles. The lowest BCUT2D eigenvalue weighted by Crippen LogP contribution is -2.29. The summed E-state index contributed by atoms with van der Waals surface area (Å²) in [5, 5.41) is 12.1. The molecule has 0 spiro atoms. The third kappa shape index (κ3) is 6.22. The first kappa shape index (κ1) is 20.7. The van der Waals surface area contributed by atoms with Gasteiger partial charge in [0.25, 0.3) is 0 Å². The monoisotopic (exact) mass is 405 g/mol. The Morgan fingerprint density at radius 2 is 1.38 bits per heavy atom. The van der Waals surface area contributed by atoms with E-state index in [-0.39, 0.29) is 17.5 Å². The average Bonchev–Trinajstić information content (AvgIpc) is 2.76. The summed E-state index contributed by atoms with van der Waals surface area (Å²) >= 11 is 1.66. The third-order valence-electron chi connectivity index (χ3n) is 4.51. The number of rotatable bonds is 9.